The van der Waals surface area contributed by atoms with Crippen molar-refractivity contribution >= 4 is 0 Å². The molecule has 0 aliphatic heterocycles. The zero-order valence-electron chi connectivity index (χ0n) is 10.2. The molecule has 2 heteroatoms. The quantitative estimate of drug-likeness (QED) is 0.712. The van der Waals surface area contributed by atoms with Crippen molar-refractivity contribution in [2.45, 2.75) is 32.7 Å². The molecule has 1 aromatic rings. The molecule has 0 heterocycles. The molecule has 0 unspecified atom stereocenters. The maximum absolute atomic E-state index is 3.47. The van der Waals surface area contributed by atoms with E-state index in [1.807, 2.05) is 0 Å². The minimum Gasteiger partial charge on any atom is -0.316 e. The van der Waals surface area contributed by atoms with Crippen LogP contribution in [0, 0.1) is 0 Å². The van der Waals surface area contributed by atoms with Crippen molar-refractivity contribution in [3.63, 3.8) is 0 Å². The van der Waals surface area contributed by atoms with Crippen LogP contribution >= 0.6 is 0 Å². The van der Waals surface area contributed by atoms with E-state index in [-0.39, 0.29) is 0 Å². The van der Waals surface area contributed by atoms with Crippen molar-refractivity contribution in [1.82, 2.24) is 10.6 Å². The first-order valence-corrected chi connectivity index (χ1v) is 6.42. The Hall–Kier alpha value is -0.860. The van der Waals surface area contributed by atoms with Gasteiger partial charge in [-0.3, -0.25) is 0 Å². The minimum atomic E-state index is 0.999. The van der Waals surface area contributed by atoms with E-state index < -0.39 is 0 Å². The number of likely N-dealkylation sites (N-methyl/N-ethyl adjacent to an activating group) is 1. The van der Waals surface area contributed by atoms with Gasteiger partial charge in [0.15, 0.2) is 0 Å². The van der Waals surface area contributed by atoms with E-state index in [0.717, 1.165) is 26.2 Å². The van der Waals surface area contributed by atoms with Crippen molar-refractivity contribution in [2.75, 3.05) is 19.6 Å². The molecule has 0 saturated carbocycles. The predicted octanol–water partition coefficient (Wildman–Crippen LogP) is 1.87. The van der Waals surface area contributed by atoms with E-state index in [0.29, 0.717) is 0 Å². The van der Waals surface area contributed by atoms with Crippen molar-refractivity contribution in [1.29, 1.82) is 0 Å². The number of hydrogen-bond acceptors (Lipinski definition) is 2. The molecule has 0 fully saturated rings. The Morgan fingerprint density at radius 1 is 1.06 bits per heavy atom. The van der Waals surface area contributed by atoms with Crippen molar-refractivity contribution in [3.8, 4) is 0 Å². The third-order valence-electron chi connectivity index (χ3n) is 3.22. The second-order valence-corrected chi connectivity index (χ2v) is 4.49. The highest BCUT2D eigenvalue weighted by Gasteiger charge is 2.10. The summed E-state index contributed by atoms with van der Waals surface area (Å²) in [5.74, 6) is 0. The van der Waals surface area contributed by atoms with Crippen LogP contribution in [0.2, 0.25) is 0 Å². The maximum Gasteiger partial charge on any atom is 0.0206 e. The third-order valence-corrected chi connectivity index (χ3v) is 3.22. The predicted molar refractivity (Wildman–Crippen MR) is 68.7 cm³/mol. The van der Waals surface area contributed by atoms with E-state index in [1.165, 1.54) is 24.8 Å². The molecule has 0 amide bonds. The first-order valence-electron chi connectivity index (χ1n) is 6.42. The van der Waals surface area contributed by atoms with Gasteiger partial charge in [-0.25, -0.2) is 0 Å². The van der Waals surface area contributed by atoms with E-state index in [4.69, 9.17) is 0 Å². The molecule has 1 aliphatic carbocycles. The summed E-state index contributed by atoms with van der Waals surface area (Å²) in [4.78, 5) is 0. The Kier molecular flexibility index (Phi) is 4.37. The summed E-state index contributed by atoms with van der Waals surface area (Å²) in [6, 6.07) is 6.95. The van der Waals surface area contributed by atoms with Gasteiger partial charge in [0.2, 0.25) is 0 Å². The first-order chi connectivity index (χ1) is 7.90. The van der Waals surface area contributed by atoms with Crippen LogP contribution in [0.3, 0.4) is 0 Å². The van der Waals surface area contributed by atoms with E-state index >= 15 is 0 Å². The second-order valence-electron chi connectivity index (χ2n) is 4.49. The topological polar surface area (TPSA) is 24.1 Å². The van der Waals surface area contributed by atoms with Crippen LogP contribution in [0.25, 0.3) is 0 Å². The summed E-state index contributed by atoms with van der Waals surface area (Å²) in [6.45, 7) is 6.30. The van der Waals surface area contributed by atoms with Gasteiger partial charge in [0.05, 0.1) is 0 Å². The van der Waals surface area contributed by atoms with Crippen LogP contribution in [-0.2, 0) is 19.4 Å². The lowest BCUT2D eigenvalue weighted by Crippen LogP contribution is -2.26. The molecular weight excluding hydrogens is 196 g/mol. The summed E-state index contributed by atoms with van der Waals surface area (Å²) in [6.07, 6.45) is 3.90. The molecular formula is C14H22N2. The number of fused-ring (bicyclic) bond motifs is 1. The van der Waals surface area contributed by atoms with Gasteiger partial charge in [0, 0.05) is 19.6 Å². The lowest BCUT2D eigenvalue weighted by atomic mass is 10.1. The average molecular weight is 218 g/mol. The van der Waals surface area contributed by atoms with Gasteiger partial charge < -0.3 is 10.6 Å². The van der Waals surface area contributed by atoms with E-state index in [9.17, 15) is 0 Å². The second kappa shape index (κ2) is 6.02. The zero-order chi connectivity index (χ0) is 11.2. The standard InChI is InChI=1S/C14H22N2/c1-2-15-8-9-16-11-12-6-7-13-4-3-5-14(13)10-12/h6-7,10,15-16H,2-5,8-9,11H2,1H3. The average Bonchev–Trinajstić information content (AvgIpc) is 2.76. The molecule has 88 valence electrons. The summed E-state index contributed by atoms with van der Waals surface area (Å²) < 4.78 is 0. The fourth-order valence-corrected chi connectivity index (χ4v) is 2.32. The van der Waals surface area contributed by atoms with Crippen LogP contribution in [0.15, 0.2) is 18.2 Å². The first kappa shape index (κ1) is 11.6. The van der Waals surface area contributed by atoms with Gasteiger partial charge in [-0.2, -0.15) is 0 Å². The smallest absolute Gasteiger partial charge is 0.0206 e. The Bertz CT molecular complexity index is 334. The fraction of sp³-hybridized carbons (Fsp3) is 0.571. The molecule has 2 rings (SSSR count). The SMILES string of the molecule is CCNCCNCc1ccc2c(c1)CCC2. The number of rotatable bonds is 6. The summed E-state index contributed by atoms with van der Waals surface area (Å²) in [7, 11) is 0. The van der Waals surface area contributed by atoms with E-state index in [1.54, 1.807) is 11.1 Å². The molecule has 2 nitrogen and oxygen atoms in total. The molecule has 16 heavy (non-hydrogen) atoms. The highest BCUT2D eigenvalue weighted by molar-refractivity contribution is 5.35. The van der Waals surface area contributed by atoms with Gasteiger partial charge in [-0.15, -0.1) is 0 Å². The number of hydrogen-bond donors (Lipinski definition) is 2. The van der Waals surface area contributed by atoms with E-state index in [2.05, 4.69) is 35.8 Å². The fourth-order valence-electron chi connectivity index (χ4n) is 2.32. The van der Waals surface area contributed by atoms with Crippen LogP contribution in [0.4, 0.5) is 0 Å². The molecule has 1 aromatic carbocycles. The highest BCUT2D eigenvalue weighted by atomic mass is 14.9. The molecule has 0 radical (unpaired) electrons. The molecule has 2 N–H and O–H groups in total. The number of benzene rings is 1. The molecule has 1 aliphatic rings. The van der Waals surface area contributed by atoms with Crippen LogP contribution in [-0.4, -0.2) is 19.6 Å². The Morgan fingerprint density at radius 2 is 1.88 bits per heavy atom. The maximum atomic E-state index is 3.47. The zero-order valence-corrected chi connectivity index (χ0v) is 10.2. The number of nitrogens with one attached hydrogen (secondary N) is 2. The minimum absolute atomic E-state index is 0.999. The Balaban J connectivity index is 1.77. The van der Waals surface area contributed by atoms with Crippen molar-refractivity contribution < 1.29 is 0 Å². The van der Waals surface area contributed by atoms with Crippen LogP contribution in [0.1, 0.15) is 30.0 Å². The van der Waals surface area contributed by atoms with Crippen molar-refractivity contribution in [3.05, 3.63) is 34.9 Å². The van der Waals surface area contributed by atoms with Gasteiger partial charge in [-0.1, -0.05) is 25.1 Å². The lowest BCUT2D eigenvalue weighted by molar-refractivity contribution is 0.625. The molecule has 0 atom stereocenters. The Labute approximate surface area is 98.4 Å². The van der Waals surface area contributed by atoms with Gasteiger partial charge >= 0.3 is 0 Å². The number of aryl methyl sites for hydroxylation is 2. The van der Waals surface area contributed by atoms with Crippen molar-refractivity contribution in [2.24, 2.45) is 0 Å². The monoisotopic (exact) mass is 218 g/mol. The molecule has 0 saturated heterocycles. The lowest BCUT2D eigenvalue weighted by Gasteiger charge is -2.07. The third kappa shape index (κ3) is 3.06. The van der Waals surface area contributed by atoms with Crippen LogP contribution in [0.5, 0.6) is 0 Å². The molecule has 0 aromatic heterocycles. The Morgan fingerprint density at radius 3 is 2.75 bits per heavy atom. The van der Waals surface area contributed by atoms with Gasteiger partial charge in [0.25, 0.3) is 0 Å². The van der Waals surface area contributed by atoms with Gasteiger partial charge in [-0.05, 0) is 42.5 Å². The normalized spacial score (nSPS) is 14.1. The van der Waals surface area contributed by atoms with Gasteiger partial charge in [0.1, 0.15) is 0 Å². The molecule has 0 spiro atoms. The van der Waals surface area contributed by atoms with Crippen LogP contribution < -0.4 is 10.6 Å². The summed E-state index contributed by atoms with van der Waals surface area (Å²) >= 11 is 0. The largest absolute Gasteiger partial charge is 0.316 e. The molecule has 0 bridgehead atoms. The highest BCUT2D eigenvalue weighted by Crippen LogP contribution is 2.22. The summed E-state index contributed by atoms with van der Waals surface area (Å²) in [5, 5.41) is 6.78. The summed E-state index contributed by atoms with van der Waals surface area (Å²) in [5.41, 5.74) is 4.57.